The van der Waals surface area contributed by atoms with Gasteiger partial charge < -0.3 is 15.4 Å². The van der Waals surface area contributed by atoms with E-state index in [-0.39, 0.29) is 5.91 Å². The van der Waals surface area contributed by atoms with Crippen LogP contribution in [-0.4, -0.2) is 47.4 Å². The summed E-state index contributed by atoms with van der Waals surface area (Å²) in [5.74, 6) is 0.290. The predicted octanol–water partition coefficient (Wildman–Crippen LogP) is 0.747. The molecule has 0 spiro atoms. The van der Waals surface area contributed by atoms with Crippen LogP contribution in [0.1, 0.15) is 24.3 Å². The van der Waals surface area contributed by atoms with Crippen molar-refractivity contribution >= 4 is 11.6 Å². The fourth-order valence-electron chi connectivity index (χ4n) is 1.78. The van der Waals surface area contributed by atoms with Crippen LogP contribution < -0.4 is 5.73 Å². The number of ether oxygens (including phenoxy) is 1. The van der Waals surface area contributed by atoms with Gasteiger partial charge in [0.2, 0.25) is 0 Å². The second-order valence-electron chi connectivity index (χ2n) is 4.71. The van der Waals surface area contributed by atoms with Crippen molar-refractivity contribution in [3.05, 3.63) is 11.9 Å². The lowest BCUT2D eigenvalue weighted by atomic mass is 10.2. The molecule has 0 atom stereocenters. The van der Waals surface area contributed by atoms with Crippen LogP contribution in [0.15, 0.2) is 6.20 Å². The monoisotopic (exact) mass is 254 g/mol. The minimum atomic E-state index is -0.0988. The highest BCUT2D eigenvalue weighted by atomic mass is 16.5. The zero-order chi connectivity index (χ0) is 13.7. The van der Waals surface area contributed by atoms with Crippen LogP contribution in [0.2, 0.25) is 0 Å². The molecule has 102 valence electrons. The van der Waals surface area contributed by atoms with Gasteiger partial charge in [-0.3, -0.25) is 9.48 Å². The van der Waals surface area contributed by atoms with Gasteiger partial charge >= 0.3 is 0 Å². The van der Waals surface area contributed by atoms with Crippen LogP contribution in [0.4, 0.5) is 5.69 Å². The minimum absolute atomic E-state index is 0.0988. The second-order valence-corrected chi connectivity index (χ2v) is 4.71. The summed E-state index contributed by atoms with van der Waals surface area (Å²) in [5, 5.41) is 3.99. The van der Waals surface area contributed by atoms with Gasteiger partial charge in [-0.15, -0.1) is 0 Å². The number of amides is 1. The Morgan fingerprint density at radius 1 is 1.61 bits per heavy atom. The van der Waals surface area contributed by atoms with Crippen LogP contribution in [0.25, 0.3) is 0 Å². The van der Waals surface area contributed by atoms with Crippen molar-refractivity contribution in [1.82, 2.24) is 14.7 Å². The van der Waals surface area contributed by atoms with Gasteiger partial charge in [0.25, 0.3) is 5.91 Å². The van der Waals surface area contributed by atoms with Gasteiger partial charge in [-0.05, 0) is 5.92 Å². The van der Waals surface area contributed by atoms with Gasteiger partial charge in [0, 0.05) is 27.2 Å². The number of hydrogen-bond donors (Lipinski definition) is 1. The number of nitrogens with zero attached hydrogens (tertiary/aromatic N) is 3. The van der Waals surface area contributed by atoms with Crippen LogP contribution >= 0.6 is 0 Å². The maximum absolute atomic E-state index is 12.4. The van der Waals surface area contributed by atoms with Crippen LogP contribution in [-0.2, 0) is 11.8 Å². The van der Waals surface area contributed by atoms with Gasteiger partial charge in [0.1, 0.15) is 5.69 Å². The molecule has 0 aliphatic heterocycles. The number of nitrogens with two attached hydrogens (primary N) is 1. The fourth-order valence-corrected chi connectivity index (χ4v) is 1.78. The highest BCUT2D eigenvalue weighted by Crippen LogP contribution is 2.13. The average molecular weight is 254 g/mol. The molecular formula is C12H22N4O2. The summed E-state index contributed by atoms with van der Waals surface area (Å²) in [6.45, 7) is 5.88. The van der Waals surface area contributed by atoms with E-state index in [1.807, 2.05) is 0 Å². The quantitative estimate of drug-likeness (QED) is 0.813. The number of methoxy groups -OCH3 is 1. The highest BCUT2D eigenvalue weighted by molar-refractivity contribution is 5.97. The van der Waals surface area contributed by atoms with Gasteiger partial charge in [-0.25, -0.2) is 0 Å². The van der Waals surface area contributed by atoms with E-state index < -0.39 is 0 Å². The molecule has 6 nitrogen and oxygen atoms in total. The molecule has 18 heavy (non-hydrogen) atoms. The molecule has 0 fully saturated rings. The number of anilines is 1. The number of carbonyl (C=O) groups excluding carboxylic acids is 1. The van der Waals surface area contributed by atoms with E-state index >= 15 is 0 Å². The summed E-state index contributed by atoms with van der Waals surface area (Å²) >= 11 is 0. The van der Waals surface area contributed by atoms with E-state index in [0.717, 1.165) is 0 Å². The van der Waals surface area contributed by atoms with E-state index in [0.29, 0.717) is 37.0 Å². The number of rotatable bonds is 6. The van der Waals surface area contributed by atoms with E-state index in [4.69, 9.17) is 10.5 Å². The molecule has 1 aromatic rings. The van der Waals surface area contributed by atoms with Crippen LogP contribution in [0, 0.1) is 5.92 Å². The first kappa shape index (κ1) is 14.5. The van der Waals surface area contributed by atoms with E-state index in [9.17, 15) is 4.79 Å². The van der Waals surface area contributed by atoms with Gasteiger partial charge in [0.05, 0.1) is 18.5 Å². The number of aromatic nitrogens is 2. The molecule has 1 rings (SSSR count). The molecule has 0 unspecified atom stereocenters. The molecule has 6 heteroatoms. The summed E-state index contributed by atoms with van der Waals surface area (Å²) < 4.78 is 6.55. The van der Waals surface area contributed by atoms with E-state index in [1.165, 1.54) is 10.9 Å². The lowest BCUT2D eigenvalue weighted by molar-refractivity contribution is 0.0662. The number of hydrogen-bond acceptors (Lipinski definition) is 4. The molecule has 0 aliphatic carbocycles. The Hall–Kier alpha value is -1.56. The van der Waals surface area contributed by atoms with Crippen molar-refractivity contribution < 1.29 is 9.53 Å². The van der Waals surface area contributed by atoms with Gasteiger partial charge in [-0.1, -0.05) is 13.8 Å². The first-order valence-corrected chi connectivity index (χ1v) is 6.03. The molecule has 0 aliphatic rings. The normalized spacial score (nSPS) is 10.9. The fraction of sp³-hybridized carbons (Fsp3) is 0.667. The van der Waals surface area contributed by atoms with E-state index in [1.54, 1.807) is 19.1 Å². The van der Waals surface area contributed by atoms with Crippen molar-refractivity contribution in [2.24, 2.45) is 13.0 Å². The van der Waals surface area contributed by atoms with Gasteiger partial charge in [-0.2, -0.15) is 5.10 Å². The third-order valence-corrected chi connectivity index (χ3v) is 2.61. The summed E-state index contributed by atoms with van der Waals surface area (Å²) in [4.78, 5) is 14.2. The Bertz CT molecular complexity index is 381. The van der Waals surface area contributed by atoms with Crippen molar-refractivity contribution in [3.63, 3.8) is 0 Å². The Balaban J connectivity index is 2.87. The Morgan fingerprint density at radius 2 is 2.28 bits per heavy atom. The van der Waals surface area contributed by atoms with Crippen molar-refractivity contribution in [2.45, 2.75) is 13.8 Å². The smallest absolute Gasteiger partial charge is 0.274 e. The summed E-state index contributed by atoms with van der Waals surface area (Å²) in [7, 11) is 3.34. The molecule has 2 N–H and O–H groups in total. The number of nitrogen functional groups attached to an aromatic ring is 1. The SMILES string of the molecule is COCCN(CC(C)C)C(=O)c1c(N)cnn1C. The lowest BCUT2D eigenvalue weighted by Gasteiger charge is -2.24. The second kappa shape index (κ2) is 6.39. The van der Waals surface area contributed by atoms with Crippen LogP contribution in [0.5, 0.6) is 0 Å². The predicted molar refractivity (Wildman–Crippen MR) is 70.2 cm³/mol. The van der Waals surface area contributed by atoms with Crippen molar-refractivity contribution in [1.29, 1.82) is 0 Å². The summed E-state index contributed by atoms with van der Waals surface area (Å²) in [6, 6.07) is 0. The standard InChI is InChI=1S/C12H22N4O2/c1-9(2)8-16(5-6-18-4)12(17)11-10(13)7-14-15(11)3/h7,9H,5-6,8,13H2,1-4H3. The molecule has 1 aromatic heterocycles. The minimum Gasteiger partial charge on any atom is -0.396 e. The third-order valence-electron chi connectivity index (χ3n) is 2.61. The maximum atomic E-state index is 12.4. The van der Waals surface area contributed by atoms with Gasteiger partial charge in [0.15, 0.2) is 0 Å². The van der Waals surface area contributed by atoms with Crippen molar-refractivity contribution in [2.75, 3.05) is 32.5 Å². The molecule has 0 radical (unpaired) electrons. The molecule has 1 heterocycles. The largest absolute Gasteiger partial charge is 0.396 e. The molecule has 0 saturated heterocycles. The molecular weight excluding hydrogens is 232 g/mol. The molecule has 0 aromatic carbocycles. The van der Waals surface area contributed by atoms with Crippen molar-refractivity contribution in [3.8, 4) is 0 Å². The Morgan fingerprint density at radius 3 is 2.72 bits per heavy atom. The molecule has 0 bridgehead atoms. The summed E-state index contributed by atoms with van der Waals surface area (Å²) in [5.41, 5.74) is 6.63. The topological polar surface area (TPSA) is 73.4 Å². The Labute approximate surface area is 108 Å². The number of aryl methyl sites for hydroxylation is 1. The average Bonchev–Trinajstić information content (AvgIpc) is 2.63. The third kappa shape index (κ3) is 3.46. The Kier molecular flexibility index (Phi) is 5.15. The number of carbonyl (C=O) groups is 1. The maximum Gasteiger partial charge on any atom is 0.274 e. The zero-order valence-corrected chi connectivity index (χ0v) is 11.5. The van der Waals surface area contributed by atoms with Crippen LogP contribution in [0.3, 0.4) is 0 Å². The zero-order valence-electron chi connectivity index (χ0n) is 11.5. The molecule has 1 amide bonds. The summed E-state index contributed by atoms with van der Waals surface area (Å²) in [6.07, 6.45) is 1.50. The first-order chi connectivity index (χ1) is 8.47. The lowest BCUT2D eigenvalue weighted by Crippen LogP contribution is -2.38. The molecule has 0 saturated carbocycles. The van der Waals surface area contributed by atoms with E-state index in [2.05, 4.69) is 18.9 Å². The highest BCUT2D eigenvalue weighted by Gasteiger charge is 2.22. The first-order valence-electron chi connectivity index (χ1n) is 6.03.